The Kier molecular flexibility index (Phi) is 6.59. The number of anilines is 1. The van der Waals surface area contributed by atoms with E-state index in [1.54, 1.807) is 30.3 Å². The number of benzene rings is 2. The SMILES string of the molecule is COc1ccc(S(=O)(=O)N2CCC(C(=O)Nc3cccc(C#N)c3)CC2)cc1OC. The molecule has 0 spiro atoms. The lowest BCUT2D eigenvalue weighted by atomic mass is 9.97. The van der Waals surface area contributed by atoms with E-state index in [0.29, 0.717) is 35.6 Å². The van der Waals surface area contributed by atoms with Crippen molar-refractivity contribution >= 4 is 21.6 Å². The molecule has 0 unspecified atom stereocenters. The second-order valence-electron chi connectivity index (χ2n) is 6.88. The zero-order chi connectivity index (χ0) is 21.7. The maximum atomic E-state index is 13.0. The lowest BCUT2D eigenvalue weighted by Gasteiger charge is -2.30. The summed E-state index contributed by atoms with van der Waals surface area (Å²) in [6.45, 7) is 0.486. The molecule has 0 aliphatic carbocycles. The zero-order valence-electron chi connectivity index (χ0n) is 16.8. The van der Waals surface area contributed by atoms with Crippen LogP contribution in [-0.4, -0.2) is 45.9 Å². The predicted molar refractivity (Wildman–Crippen MR) is 111 cm³/mol. The van der Waals surface area contributed by atoms with Crippen molar-refractivity contribution in [3.8, 4) is 17.6 Å². The first kappa shape index (κ1) is 21.6. The number of rotatable bonds is 6. The van der Waals surface area contributed by atoms with Gasteiger partial charge in [0.15, 0.2) is 11.5 Å². The van der Waals surface area contributed by atoms with Crippen molar-refractivity contribution in [3.63, 3.8) is 0 Å². The highest BCUT2D eigenvalue weighted by atomic mass is 32.2. The Morgan fingerprint density at radius 1 is 1.10 bits per heavy atom. The van der Waals surface area contributed by atoms with Crippen LogP contribution in [0, 0.1) is 17.2 Å². The van der Waals surface area contributed by atoms with E-state index < -0.39 is 10.0 Å². The minimum atomic E-state index is -3.71. The van der Waals surface area contributed by atoms with E-state index in [4.69, 9.17) is 14.7 Å². The molecule has 1 aliphatic heterocycles. The number of sulfonamides is 1. The lowest BCUT2D eigenvalue weighted by Crippen LogP contribution is -2.41. The zero-order valence-corrected chi connectivity index (χ0v) is 17.6. The molecular formula is C21H23N3O5S. The number of piperidine rings is 1. The van der Waals surface area contributed by atoms with Gasteiger partial charge in [0.25, 0.3) is 0 Å². The fourth-order valence-electron chi connectivity index (χ4n) is 3.40. The smallest absolute Gasteiger partial charge is 0.243 e. The van der Waals surface area contributed by atoms with Gasteiger partial charge in [-0.05, 0) is 43.2 Å². The molecule has 2 aromatic rings. The first-order valence-corrected chi connectivity index (χ1v) is 10.9. The number of carbonyl (C=O) groups excluding carboxylic acids is 1. The van der Waals surface area contributed by atoms with Gasteiger partial charge >= 0.3 is 0 Å². The molecule has 3 rings (SSSR count). The van der Waals surface area contributed by atoms with Crippen LogP contribution in [0.15, 0.2) is 47.4 Å². The van der Waals surface area contributed by atoms with Gasteiger partial charge in [0, 0.05) is 30.8 Å². The molecule has 1 N–H and O–H groups in total. The van der Waals surface area contributed by atoms with Gasteiger partial charge in [0.1, 0.15) is 0 Å². The van der Waals surface area contributed by atoms with Crippen LogP contribution in [0.2, 0.25) is 0 Å². The van der Waals surface area contributed by atoms with Crippen LogP contribution in [0.3, 0.4) is 0 Å². The van der Waals surface area contributed by atoms with Gasteiger partial charge < -0.3 is 14.8 Å². The first-order valence-electron chi connectivity index (χ1n) is 9.42. The second-order valence-corrected chi connectivity index (χ2v) is 8.81. The molecular weight excluding hydrogens is 406 g/mol. The third-order valence-corrected chi connectivity index (χ3v) is 6.97. The van der Waals surface area contributed by atoms with E-state index in [2.05, 4.69) is 5.32 Å². The van der Waals surface area contributed by atoms with Crippen LogP contribution < -0.4 is 14.8 Å². The van der Waals surface area contributed by atoms with Crippen molar-refractivity contribution in [1.82, 2.24) is 4.31 Å². The van der Waals surface area contributed by atoms with Crippen LogP contribution in [-0.2, 0) is 14.8 Å². The summed E-state index contributed by atoms with van der Waals surface area (Å²) in [4.78, 5) is 12.7. The summed E-state index contributed by atoms with van der Waals surface area (Å²) in [6.07, 6.45) is 0.826. The van der Waals surface area contributed by atoms with E-state index in [9.17, 15) is 13.2 Å². The summed E-state index contributed by atoms with van der Waals surface area (Å²) in [5.41, 5.74) is 1.02. The molecule has 1 fully saturated rings. The van der Waals surface area contributed by atoms with Gasteiger partial charge in [-0.1, -0.05) is 6.07 Å². The molecule has 0 bridgehead atoms. The fraction of sp³-hybridized carbons (Fsp3) is 0.333. The lowest BCUT2D eigenvalue weighted by molar-refractivity contribution is -0.120. The standard InChI is InChI=1S/C21H23N3O5S/c1-28-19-7-6-18(13-20(19)29-2)30(26,27)24-10-8-16(9-11-24)21(25)23-17-5-3-4-15(12-17)14-22/h3-7,12-13,16H,8-11H2,1-2H3,(H,23,25). The van der Waals surface area contributed by atoms with Gasteiger partial charge in [0.2, 0.25) is 15.9 Å². The van der Waals surface area contributed by atoms with E-state index in [1.165, 1.54) is 30.7 Å². The molecule has 0 radical (unpaired) electrons. The average Bonchev–Trinajstić information content (AvgIpc) is 2.78. The van der Waals surface area contributed by atoms with Gasteiger partial charge in [-0.2, -0.15) is 9.57 Å². The van der Waals surface area contributed by atoms with Crippen molar-refractivity contribution in [2.45, 2.75) is 17.7 Å². The Labute approximate surface area is 176 Å². The van der Waals surface area contributed by atoms with Crippen molar-refractivity contribution in [2.24, 2.45) is 5.92 Å². The Bertz CT molecular complexity index is 1070. The number of hydrogen-bond acceptors (Lipinski definition) is 6. The van der Waals surface area contributed by atoms with Crippen molar-refractivity contribution in [1.29, 1.82) is 5.26 Å². The summed E-state index contributed by atoms with van der Waals surface area (Å²) in [5.74, 6) is 0.320. The Morgan fingerprint density at radius 2 is 1.80 bits per heavy atom. The van der Waals surface area contributed by atoms with E-state index in [0.717, 1.165) is 0 Å². The third kappa shape index (κ3) is 4.56. The van der Waals surface area contributed by atoms with Gasteiger partial charge in [-0.15, -0.1) is 0 Å². The molecule has 1 amide bonds. The number of nitrogens with one attached hydrogen (secondary N) is 1. The minimum Gasteiger partial charge on any atom is -0.493 e. The van der Waals surface area contributed by atoms with Crippen LogP contribution in [0.4, 0.5) is 5.69 Å². The van der Waals surface area contributed by atoms with Crippen LogP contribution in [0.1, 0.15) is 18.4 Å². The third-order valence-electron chi connectivity index (χ3n) is 5.08. The molecule has 1 saturated heterocycles. The molecule has 1 aliphatic rings. The highest BCUT2D eigenvalue weighted by molar-refractivity contribution is 7.89. The maximum Gasteiger partial charge on any atom is 0.243 e. The summed E-state index contributed by atoms with van der Waals surface area (Å²) in [5, 5.41) is 11.8. The van der Waals surface area contributed by atoms with Crippen LogP contribution in [0.25, 0.3) is 0 Å². The molecule has 0 aromatic heterocycles. The summed E-state index contributed by atoms with van der Waals surface area (Å²) in [6, 6.07) is 13.2. The second kappa shape index (κ2) is 9.15. The van der Waals surface area contributed by atoms with Crippen LogP contribution >= 0.6 is 0 Å². The van der Waals surface area contributed by atoms with Crippen LogP contribution in [0.5, 0.6) is 11.5 Å². The predicted octanol–water partition coefficient (Wildman–Crippen LogP) is 2.61. The summed E-state index contributed by atoms with van der Waals surface area (Å²) in [7, 11) is -0.773. The summed E-state index contributed by atoms with van der Waals surface area (Å²) >= 11 is 0. The molecule has 2 aromatic carbocycles. The molecule has 1 heterocycles. The topological polar surface area (TPSA) is 109 Å². The van der Waals surface area contributed by atoms with Gasteiger partial charge in [-0.25, -0.2) is 8.42 Å². The molecule has 8 nitrogen and oxygen atoms in total. The summed E-state index contributed by atoms with van der Waals surface area (Å²) < 4.78 is 37.7. The molecule has 0 saturated carbocycles. The number of hydrogen-bond donors (Lipinski definition) is 1. The van der Waals surface area contributed by atoms with Crippen molar-refractivity contribution < 1.29 is 22.7 Å². The molecule has 9 heteroatoms. The number of nitrogens with zero attached hydrogens (tertiary/aromatic N) is 2. The number of nitriles is 1. The van der Waals surface area contributed by atoms with E-state index >= 15 is 0 Å². The van der Waals surface area contributed by atoms with E-state index in [1.807, 2.05) is 6.07 Å². The average molecular weight is 429 g/mol. The van der Waals surface area contributed by atoms with Crippen molar-refractivity contribution in [2.75, 3.05) is 32.6 Å². The number of ether oxygens (including phenoxy) is 2. The highest BCUT2D eigenvalue weighted by Crippen LogP contribution is 2.32. The van der Waals surface area contributed by atoms with Crippen molar-refractivity contribution in [3.05, 3.63) is 48.0 Å². The Hall–Kier alpha value is -3.09. The Morgan fingerprint density at radius 3 is 2.43 bits per heavy atom. The fourth-order valence-corrected chi connectivity index (χ4v) is 4.88. The maximum absolute atomic E-state index is 13.0. The van der Waals surface area contributed by atoms with E-state index in [-0.39, 0.29) is 29.8 Å². The van der Waals surface area contributed by atoms with Gasteiger partial charge in [0.05, 0.1) is 30.7 Å². The highest BCUT2D eigenvalue weighted by Gasteiger charge is 2.32. The minimum absolute atomic E-state index is 0.122. The number of carbonyl (C=O) groups is 1. The molecule has 0 atom stereocenters. The number of methoxy groups -OCH3 is 2. The Balaban J connectivity index is 1.65. The monoisotopic (exact) mass is 429 g/mol. The molecule has 158 valence electrons. The largest absolute Gasteiger partial charge is 0.493 e. The quantitative estimate of drug-likeness (QED) is 0.756. The number of amides is 1. The first-order chi connectivity index (χ1) is 14.4. The molecule has 30 heavy (non-hydrogen) atoms. The van der Waals surface area contributed by atoms with Gasteiger partial charge in [-0.3, -0.25) is 4.79 Å². The normalized spacial score (nSPS) is 15.2.